The van der Waals surface area contributed by atoms with Crippen LogP contribution in [0.5, 0.6) is 0 Å². The van der Waals surface area contributed by atoms with Gasteiger partial charge < -0.3 is 20.3 Å². The fraction of sp³-hybridized carbons (Fsp3) is 0.500. The number of piperazine rings is 1. The monoisotopic (exact) mass is 439 g/mol. The van der Waals surface area contributed by atoms with E-state index >= 15 is 0 Å². The van der Waals surface area contributed by atoms with Gasteiger partial charge in [-0.2, -0.15) is 13.2 Å². The molecule has 0 unspecified atom stereocenters. The zero-order valence-electron chi connectivity index (χ0n) is 16.6. The Bertz CT molecular complexity index is 914. The van der Waals surface area contributed by atoms with Gasteiger partial charge in [0.1, 0.15) is 10.7 Å². The highest BCUT2D eigenvalue weighted by Gasteiger charge is 2.31. The van der Waals surface area contributed by atoms with Crippen molar-refractivity contribution in [1.82, 2.24) is 15.2 Å². The Morgan fingerprint density at radius 2 is 2.13 bits per heavy atom. The molecule has 1 aromatic carbocycles. The molecule has 2 aromatic rings. The highest BCUT2D eigenvalue weighted by atomic mass is 32.1. The van der Waals surface area contributed by atoms with Gasteiger partial charge in [-0.3, -0.25) is 0 Å². The van der Waals surface area contributed by atoms with Gasteiger partial charge in [-0.15, -0.1) is 11.3 Å². The molecular weight excluding hydrogens is 415 g/mol. The highest BCUT2D eigenvalue weighted by Crippen LogP contribution is 2.38. The third kappa shape index (κ3) is 4.93. The van der Waals surface area contributed by atoms with Crippen molar-refractivity contribution in [1.29, 1.82) is 0 Å². The van der Waals surface area contributed by atoms with Gasteiger partial charge in [0.25, 0.3) is 0 Å². The number of hydrogen-bond donors (Lipinski definition) is 2. The summed E-state index contributed by atoms with van der Waals surface area (Å²) in [6.07, 6.45) is -4.34. The first-order valence-corrected chi connectivity index (χ1v) is 10.7. The maximum atomic E-state index is 12.7. The molecule has 0 saturated carbocycles. The van der Waals surface area contributed by atoms with Gasteiger partial charge in [0.2, 0.25) is 0 Å². The number of para-hydroxylation sites is 2. The number of ether oxygens (including phenoxy) is 1. The molecule has 30 heavy (non-hydrogen) atoms. The maximum Gasteiger partial charge on any atom is 0.389 e. The number of hydrogen-bond acceptors (Lipinski definition) is 7. The van der Waals surface area contributed by atoms with Gasteiger partial charge in [0.05, 0.1) is 16.4 Å². The molecule has 1 saturated heterocycles. The molecule has 2 N–H and O–H groups in total. The SMILES string of the molecule is COCC[C@H]1CN(C2=Nc3ccccc3Nc3sc(CCC(F)(F)F)nc32)CCN1. The van der Waals surface area contributed by atoms with E-state index in [9.17, 15) is 13.2 Å². The average Bonchev–Trinajstić information content (AvgIpc) is 3.05. The first kappa shape index (κ1) is 21.1. The summed E-state index contributed by atoms with van der Waals surface area (Å²) < 4.78 is 43.3. The van der Waals surface area contributed by atoms with Crippen molar-refractivity contribution in [3.05, 3.63) is 35.0 Å². The molecule has 4 rings (SSSR count). The zero-order chi connectivity index (χ0) is 21.1. The molecule has 162 valence electrons. The molecule has 0 spiro atoms. The number of aryl methyl sites for hydroxylation is 1. The lowest BCUT2D eigenvalue weighted by Gasteiger charge is -2.35. The number of anilines is 2. The van der Waals surface area contributed by atoms with Crippen LogP contribution in [0.25, 0.3) is 0 Å². The van der Waals surface area contributed by atoms with Gasteiger partial charge in [-0.1, -0.05) is 12.1 Å². The molecular formula is C20H24F3N5OS. The molecule has 0 aliphatic carbocycles. The van der Waals surface area contributed by atoms with Crippen LogP contribution in [0.4, 0.5) is 29.5 Å². The van der Waals surface area contributed by atoms with Crippen molar-refractivity contribution in [3.63, 3.8) is 0 Å². The topological polar surface area (TPSA) is 61.8 Å². The quantitative estimate of drug-likeness (QED) is 0.735. The smallest absolute Gasteiger partial charge is 0.385 e. The van der Waals surface area contributed by atoms with Crippen LogP contribution in [0.2, 0.25) is 0 Å². The number of alkyl halides is 3. The van der Waals surface area contributed by atoms with Crippen molar-refractivity contribution >= 4 is 33.5 Å². The molecule has 1 atom stereocenters. The number of fused-ring (bicyclic) bond motifs is 2. The van der Waals surface area contributed by atoms with E-state index in [1.807, 2.05) is 24.3 Å². The summed E-state index contributed by atoms with van der Waals surface area (Å²) >= 11 is 1.27. The summed E-state index contributed by atoms with van der Waals surface area (Å²) in [7, 11) is 1.68. The second-order valence-corrected chi connectivity index (χ2v) is 8.44. The molecule has 0 bridgehead atoms. The van der Waals surface area contributed by atoms with Crippen LogP contribution in [0, 0.1) is 0 Å². The molecule has 10 heteroatoms. The number of halogens is 3. The van der Waals surface area contributed by atoms with E-state index in [1.54, 1.807) is 7.11 Å². The first-order valence-electron chi connectivity index (χ1n) is 9.92. The van der Waals surface area contributed by atoms with Crippen LogP contribution in [0.15, 0.2) is 29.3 Å². The molecule has 2 aliphatic heterocycles. The number of amidine groups is 1. The lowest BCUT2D eigenvalue weighted by Crippen LogP contribution is -2.53. The van der Waals surface area contributed by atoms with Crippen LogP contribution in [-0.2, 0) is 11.2 Å². The van der Waals surface area contributed by atoms with Crippen LogP contribution in [-0.4, -0.2) is 61.3 Å². The van der Waals surface area contributed by atoms with E-state index in [0.717, 1.165) is 42.4 Å². The van der Waals surface area contributed by atoms with Crippen molar-refractivity contribution in [3.8, 4) is 0 Å². The molecule has 6 nitrogen and oxygen atoms in total. The minimum atomic E-state index is -4.20. The second kappa shape index (κ2) is 8.91. The summed E-state index contributed by atoms with van der Waals surface area (Å²) in [5.41, 5.74) is 2.24. The normalized spacial score (nSPS) is 18.9. The summed E-state index contributed by atoms with van der Waals surface area (Å²) in [5.74, 6) is 0.709. The van der Waals surface area contributed by atoms with Crippen molar-refractivity contribution in [2.45, 2.75) is 31.5 Å². The number of nitrogens with one attached hydrogen (secondary N) is 2. The van der Waals surface area contributed by atoms with Crippen LogP contribution >= 0.6 is 11.3 Å². The number of thiazole rings is 1. The van der Waals surface area contributed by atoms with E-state index in [1.165, 1.54) is 11.3 Å². The number of methoxy groups -OCH3 is 1. The van der Waals surface area contributed by atoms with E-state index in [2.05, 4.69) is 20.5 Å². The summed E-state index contributed by atoms with van der Waals surface area (Å²) in [4.78, 5) is 11.6. The minimum Gasteiger partial charge on any atom is -0.385 e. The Labute approximate surface area is 177 Å². The van der Waals surface area contributed by atoms with E-state index in [-0.39, 0.29) is 12.5 Å². The van der Waals surface area contributed by atoms with Gasteiger partial charge in [0.15, 0.2) is 5.84 Å². The lowest BCUT2D eigenvalue weighted by atomic mass is 10.1. The molecule has 2 aliphatic rings. The van der Waals surface area contributed by atoms with Crippen molar-refractivity contribution in [2.75, 3.05) is 38.7 Å². The molecule has 0 radical (unpaired) electrons. The minimum absolute atomic E-state index is 0.129. The van der Waals surface area contributed by atoms with Crippen molar-refractivity contribution in [2.24, 2.45) is 4.99 Å². The third-order valence-corrected chi connectivity index (χ3v) is 6.14. The fourth-order valence-electron chi connectivity index (χ4n) is 3.61. The summed E-state index contributed by atoms with van der Waals surface area (Å²) in [6, 6.07) is 7.92. The predicted octanol–water partition coefficient (Wildman–Crippen LogP) is 4.08. The number of nitrogens with zero attached hydrogens (tertiary/aromatic N) is 3. The molecule has 0 amide bonds. The molecule has 1 aromatic heterocycles. The number of rotatable bonds is 5. The Hall–Kier alpha value is -2.17. The summed E-state index contributed by atoms with van der Waals surface area (Å²) in [6.45, 7) is 2.94. The number of benzene rings is 1. The van der Waals surface area contributed by atoms with Gasteiger partial charge in [-0.25, -0.2) is 9.98 Å². The van der Waals surface area contributed by atoms with Gasteiger partial charge >= 0.3 is 6.18 Å². The highest BCUT2D eigenvalue weighted by molar-refractivity contribution is 7.16. The fourth-order valence-corrected chi connectivity index (χ4v) is 4.59. The largest absolute Gasteiger partial charge is 0.389 e. The Kier molecular flexibility index (Phi) is 6.26. The van der Waals surface area contributed by atoms with Crippen LogP contribution in [0.1, 0.15) is 23.5 Å². The first-order chi connectivity index (χ1) is 14.4. The Balaban J connectivity index is 1.66. The van der Waals surface area contributed by atoms with Gasteiger partial charge in [0, 0.05) is 52.2 Å². The number of aromatic nitrogens is 1. The van der Waals surface area contributed by atoms with Crippen molar-refractivity contribution < 1.29 is 17.9 Å². The molecule has 3 heterocycles. The van der Waals surface area contributed by atoms with Gasteiger partial charge in [-0.05, 0) is 18.6 Å². The number of aliphatic imine (C=N–C) groups is 1. The van der Waals surface area contributed by atoms with E-state index in [0.29, 0.717) is 23.1 Å². The standard InChI is InChI=1S/C20H24F3N5OS/c1-29-11-7-13-12-28(10-9-24-13)18-17-19(26-15-5-3-2-4-14(15)25-18)30-16(27-17)6-8-20(21,22)23/h2-5,13,24,26H,6-12H2,1H3/t13-/m0/s1. The predicted molar refractivity (Wildman–Crippen MR) is 112 cm³/mol. The lowest BCUT2D eigenvalue weighted by molar-refractivity contribution is -0.134. The Morgan fingerprint density at radius 3 is 2.93 bits per heavy atom. The van der Waals surface area contributed by atoms with Crippen LogP contribution < -0.4 is 10.6 Å². The maximum absolute atomic E-state index is 12.7. The molecule has 1 fully saturated rings. The Morgan fingerprint density at radius 1 is 1.30 bits per heavy atom. The van der Waals surface area contributed by atoms with E-state index < -0.39 is 12.6 Å². The second-order valence-electron chi connectivity index (χ2n) is 7.36. The zero-order valence-corrected chi connectivity index (χ0v) is 17.4. The van der Waals surface area contributed by atoms with Crippen LogP contribution in [0.3, 0.4) is 0 Å². The van der Waals surface area contributed by atoms with E-state index in [4.69, 9.17) is 9.73 Å². The third-order valence-electron chi connectivity index (χ3n) is 5.11. The average molecular weight is 440 g/mol. The summed E-state index contributed by atoms with van der Waals surface area (Å²) in [5, 5.41) is 8.02.